The number of carbonyl (C=O) groups is 1. The molecule has 0 radical (unpaired) electrons. The third kappa shape index (κ3) is 5.84. The first-order chi connectivity index (χ1) is 12.2. The number of carbonyl (C=O) groups excluding carboxylic acids is 1. The lowest BCUT2D eigenvalue weighted by Crippen LogP contribution is -2.41. The third-order valence-electron chi connectivity index (χ3n) is 4.15. The summed E-state index contributed by atoms with van der Waals surface area (Å²) in [5, 5.41) is 3.17. The highest BCUT2D eigenvalue weighted by molar-refractivity contribution is 7.88. The van der Waals surface area contributed by atoms with Crippen LogP contribution in [0.4, 0.5) is 0 Å². The second-order valence-electron chi connectivity index (χ2n) is 6.45. The van der Waals surface area contributed by atoms with Crippen molar-refractivity contribution in [3.63, 3.8) is 0 Å². The molecule has 1 atom stereocenters. The topological polar surface area (TPSA) is 84.9 Å². The molecule has 1 aromatic rings. The molecular weight excluding hydrogens is 380 g/mol. The number of nitrogens with one attached hydrogen (secondary N) is 1. The molecule has 0 aliphatic carbocycles. The van der Waals surface area contributed by atoms with Gasteiger partial charge in [-0.2, -0.15) is 0 Å². The zero-order valence-corrected chi connectivity index (χ0v) is 16.8. The van der Waals surface area contributed by atoms with E-state index in [9.17, 15) is 13.2 Å². The van der Waals surface area contributed by atoms with Crippen molar-refractivity contribution >= 4 is 27.5 Å². The molecule has 9 heteroatoms. The highest BCUT2D eigenvalue weighted by Gasteiger charge is 2.26. The van der Waals surface area contributed by atoms with Crippen LogP contribution in [0.1, 0.15) is 30.1 Å². The molecule has 0 aromatic heterocycles. The van der Waals surface area contributed by atoms with Crippen LogP contribution in [0.2, 0.25) is 5.02 Å². The van der Waals surface area contributed by atoms with Crippen molar-refractivity contribution in [3.05, 3.63) is 28.8 Å². The van der Waals surface area contributed by atoms with Crippen LogP contribution in [0.15, 0.2) is 18.2 Å². The zero-order chi connectivity index (χ0) is 19.3. The lowest BCUT2D eigenvalue weighted by molar-refractivity contribution is 0.0905. The molecule has 1 saturated heterocycles. The number of rotatable bonds is 7. The molecule has 1 heterocycles. The van der Waals surface area contributed by atoms with Crippen molar-refractivity contribution in [2.24, 2.45) is 0 Å². The van der Waals surface area contributed by atoms with Gasteiger partial charge in [0.25, 0.3) is 5.91 Å². The van der Waals surface area contributed by atoms with Gasteiger partial charge in [-0.3, -0.25) is 4.79 Å². The van der Waals surface area contributed by atoms with Gasteiger partial charge >= 0.3 is 0 Å². The van der Waals surface area contributed by atoms with Crippen molar-refractivity contribution in [3.8, 4) is 5.75 Å². The Bertz CT molecular complexity index is 733. The largest absolute Gasteiger partial charge is 0.489 e. The van der Waals surface area contributed by atoms with Crippen molar-refractivity contribution in [1.82, 2.24) is 9.62 Å². The summed E-state index contributed by atoms with van der Waals surface area (Å²) in [5.74, 6) is 0.260. The fourth-order valence-corrected chi connectivity index (χ4v) is 3.90. The summed E-state index contributed by atoms with van der Waals surface area (Å²) < 4.78 is 35.4. The fourth-order valence-electron chi connectivity index (χ4n) is 2.80. The molecule has 1 amide bonds. The van der Waals surface area contributed by atoms with Crippen LogP contribution in [-0.2, 0) is 14.8 Å². The molecule has 1 fully saturated rings. The summed E-state index contributed by atoms with van der Waals surface area (Å²) in [7, 11) is -1.59. The zero-order valence-electron chi connectivity index (χ0n) is 15.2. The van der Waals surface area contributed by atoms with Gasteiger partial charge in [0, 0.05) is 31.8 Å². The van der Waals surface area contributed by atoms with Crippen LogP contribution < -0.4 is 10.1 Å². The Hall–Kier alpha value is -1.35. The Labute approximate surface area is 159 Å². The van der Waals surface area contributed by atoms with Crippen LogP contribution in [0.25, 0.3) is 0 Å². The Morgan fingerprint density at radius 3 is 2.58 bits per heavy atom. The fraction of sp³-hybridized carbons (Fsp3) is 0.588. The molecule has 1 aliphatic rings. The van der Waals surface area contributed by atoms with E-state index in [2.05, 4.69) is 5.32 Å². The number of halogens is 1. The van der Waals surface area contributed by atoms with Crippen LogP contribution in [-0.4, -0.2) is 63.8 Å². The maximum atomic E-state index is 12.2. The monoisotopic (exact) mass is 404 g/mol. The number of hydrogen-bond donors (Lipinski definition) is 1. The minimum absolute atomic E-state index is 0.105. The smallest absolute Gasteiger partial charge is 0.251 e. The first-order valence-electron chi connectivity index (χ1n) is 8.42. The summed E-state index contributed by atoms with van der Waals surface area (Å²) in [4.78, 5) is 12.2. The number of methoxy groups -OCH3 is 1. The molecule has 1 aliphatic heterocycles. The molecule has 146 valence electrons. The third-order valence-corrected chi connectivity index (χ3v) is 5.75. The summed E-state index contributed by atoms with van der Waals surface area (Å²) in [5.41, 5.74) is 0.442. The predicted octanol–water partition coefficient (Wildman–Crippen LogP) is 1.91. The second kappa shape index (κ2) is 9.03. The average molecular weight is 405 g/mol. The molecule has 7 nitrogen and oxygen atoms in total. The van der Waals surface area contributed by atoms with E-state index in [0.717, 1.165) is 0 Å². The highest BCUT2D eigenvalue weighted by atomic mass is 35.5. The minimum Gasteiger partial charge on any atom is -0.489 e. The van der Waals surface area contributed by atoms with Gasteiger partial charge in [-0.05, 0) is 38.0 Å². The van der Waals surface area contributed by atoms with Gasteiger partial charge in [-0.25, -0.2) is 12.7 Å². The quantitative estimate of drug-likeness (QED) is 0.750. The Morgan fingerprint density at radius 1 is 1.38 bits per heavy atom. The molecule has 0 bridgehead atoms. The molecule has 0 spiro atoms. The van der Waals surface area contributed by atoms with E-state index in [1.807, 2.05) is 6.92 Å². The first kappa shape index (κ1) is 21.0. The van der Waals surface area contributed by atoms with Gasteiger partial charge in [0.05, 0.1) is 17.9 Å². The SMILES string of the molecule is COC[C@H](C)NC(=O)c1ccc(OC2CCN(S(C)(=O)=O)CC2)c(Cl)c1. The second-order valence-corrected chi connectivity index (χ2v) is 8.84. The van der Waals surface area contributed by atoms with Crippen molar-refractivity contribution in [2.45, 2.75) is 31.9 Å². The van der Waals surface area contributed by atoms with Gasteiger partial charge < -0.3 is 14.8 Å². The van der Waals surface area contributed by atoms with Crippen LogP contribution in [0, 0.1) is 0 Å². The Kier molecular flexibility index (Phi) is 7.28. The van der Waals surface area contributed by atoms with E-state index in [4.69, 9.17) is 21.1 Å². The number of piperidine rings is 1. The first-order valence-corrected chi connectivity index (χ1v) is 10.6. The minimum atomic E-state index is -3.16. The average Bonchev–Trinajstić information content (AvgIpc) is 2.56. The van der Waals surface area contributed by atoms with E-state index < -0.39 is 10.0 Å². The molecule has 2 rings (SSSR count). The Balaban J connectivity index is 1.95. The lowest BCUT2D eigenvalue weighted by Gasteiger charge is -2.30. The molecule has 0 unspecified atom stereocenters. The van der Waals surface area contributed by atoms with Gasteiger partial charge in [0.2, 0.25) is 10.0 Å². The molecule has 0 saturated carbocycles. The predicted molar refractivity (Wildman–Crippen MR) is 100 cm³/mol. The van der Waals surface area contributed by atoms with Crippen molar-refractivity contribution < 1.29 is 22.7 Å². The normalized spacial score (nSPS) is 17.7. The van der Waals surface area contributed by atoms with E-state index in [0.29, 0.717) is 48.9 Å². The van der Waals surface area contributed by atoms with Gasteiger partial charge in [-0.15, -0.1) is 0 Å². The van der Waals surface area contributed by atoms with E-state index in [1.54, 1.807) is 25.3 Å². The number of sulfonamides is 1. The van der Waals surface area contributed by atoms with E-state index in [-0.39, 0.29) is 18.1 Å². The number of hydrogen-bond acceptors (Lipinski definition) is 5. The van der Waals surface area contributed by atoms with Gasteiger partial charge in [0.15, 0.2) is 0 Å². The van der Waals surface area contributed by atoms with E-state index in [1.165, 1.54) is 10.6 Å². The number of benzene rings is 1. The maximum absolute atomic E-state index is 12.2. The standard InChI is InChI=1S/C17H25ClN2O5S/c1-12(11-24-2)19-17(21)13-4-5-16(15(18)10-13)25-14-6-8-20(9-7-14)26(3,22)23/h4-5,10,12,14H,6-9,11H2,1-3H3,(H,19,21)/t12-/m0/s1. The van der Waals surface area contributed by atoms with Crippen LogP contribution >= 0.6 is 11.6 Å². The number of ether oxygens (including phenoxy) is 2. The molecule has 1 aromatic carbocycles. The van der Waals surface area contributed by atoms with Gasteiger partial charge in [-0.1, -0.05) is 11.6 Å². The molecule has 26 heavy (non-hydrogen) atoms. The van der Waals surface area contributed by atoms with Crippen LogP contribution in [0.3, 0.4) is 0 Å². The maximum Gasteiger partial charge on any atom is 0.251 e. The summed E-state index contributed by atoms with van der Waals surface area (Å²) >= 11 is 6.26. The highest BCUT2D eigenvalue weighted by Crippen LogP contribution is 2.28. The van der Waals surface area contributed by atoms with Crippen LogP contribution in [0.5, 0.6) is 5.75 Å². The van der Waals surface area contributed by atoms with Crippen molar-refractivity contribution in [1.29, 1.82) is 0 Å². The summed E-state index contributed by atoms with van der Waals surface area (Å²) in [6.45, 7) is 3.13. The number of amides is 1. The van der Waals surface area contributed by atoms with E-state index >= 15 is 0 Å². The molecule has 1 N–H and O–H groups in total. The summed E-state index contributed by atoms with van der Waals surface area (Å²) in [6.07, 6.45) is 2.30. The lowest BCUT2D eigenvalue weighted by atomic mass is 10.1. The summed E-state index contributed by atoms with van der Waals surface area (Å²) in [6, 6.07) is 4.78. The molecular formula is C17H25ClN2O5S. The number of nitrogens with zero attached hydrogens (tertiary/aromatic N) is 1. The van der Waals surface area contributed by atoms with Gasteiger partial charge in [0.1, 0.15) is 11.9 Å². The Morgan fingerprint density at radius 2 is 2.04 bits per heavy atom. The van der Waals surface area contributed by atoms with Crippen molar-refractivity contribution in [2.75, 3.05) is 33.1 Å².